The topological polar surface area (TPSA) is 46.2 Å². The zero-order valence-electron chi connectivity index (χ0n) is 10.5. The standard InChI is InChI=1S/C13H19NO2S/c1-4-10-8-14-13-11(9(2)3)6-5-7-12(13)17(10,15)16/h5-7,9-10,14H,4,8H2,1-3H3. The summed E-state index contributed by atoms with van der Waals surface area (Å²) in [5.74, 6) is 0.325. The molecule has 0 fully saturated rings. The molecular formula is C13H19NO2S. The molecule has 2 rings (SSSR count). The van der Waals surface area contributed by atoms with Crippen molar-refractivity contribution in [3.05, 3.63) is 23.8 Å². The minimum absolute atomic E-state index is 0.294. The summed E-state index contributed by atoms with van der Waals surface area (Å²) < 4.78 is 24.7. The van der Waals surface area contributed by atoms with E-state index in [1.54, 1.807) is 6.07 Å². The highest BCUT2D eigenvalue weighted by molar-refractivity contribution is 7.92. The lowest BCUT2D eigenvalue weighted by Crippen LogP contribution is -2.34. The number of rotatable bonds is 2. The highest BCUT2D eigenvalue weighted by Gasteiger charge is 2.33. The second-order valence-corrected chi connectivity index (χ2v) is 7.03. The molecule has 94 valence electrons. The normalized spacial score (nSPS) is 22.0. The first-order valence-electron chi connectivity index (χ1n) is 6.09. The molecule has 1 unspecified atom stereocenters. The summed E-state index contributed by atoms with van der Waals surface area (Å²) in [5.41, 5.74) is 1.90. The van der Waals surface area contributed by atoms with Gasteiger partial charge in [0, 0.05) is 6.54 Å². The summed E-state index contributed by atoms with van der Waals surface area (Å²) in [6, 6.07) is 5.55. The van der Waals surface area contributed by atoms with Crippen LogP contribution in [0, 0.1) is 0 Å². The van der Waals surface area contributed by atoms with Crippen molar-refractivity contribution >= 4 is 15.5 Å². The Balaban J connectivity index is 2.62. The van der Waals surface area contributed by atoms with Crippen LogP contribution in [0.15, 0.2) is 23.1 Å². The van der Waals surface area contributed by atoms with Gasteiger partial charge in [-0.05, 0) is 24.0 Å². The van der Waals surface area contributed by atoms with Crippen LogP contribution >= 0.6 is 0 Å². The number of benzene rings is 1. The van der Waals surface area contributed by atoms with Crippen molar-refractivity contribution < 1.29 is 8.42 Å². The number of nitrogens with one attached hydrogen (secondary N) is 1. The van der Waals surface area contributed by atoms with Crippen molar-refractivity contribution in [3.63, 3.8) is 0 Å². The van der Waals surface area contributed by atoms with Crippen molar-refractivity contribution in [1.82, 2.24) is 0 Å². The Hall–Kier alpha value is -1.03. The molecule has 0 saturated carbocycles. The van der Waals surface area contributed by atoms with E-state index in [1.807, 2.05) is 19.1 Å². The molecule has 1 N–H and O–H groups in total. The third-order valence-corrected chi connectivity index (χ3v) is 5.72. The van der Waals surface area contributed by atoms with Gasteiger partial charge in [0.1, 0.15) is 0 Å². The van der Waals surface area contributed by atoms with E-state index in [1.165, 1.54) is 0 Å². The predicted octanol–water partition coefficient (Wildman–Crippen LogP) is 2.79. The van der Waals surface area contributed by atoms with Crippen LogP contribution in [0.2, 0.25) is 0 Å². The zero-order valence-corrected chi connectivity index (χ0v) is 11.3. The van der Waals surface area contributed by atoms with E-state index in [-0.39, 0.29) is 5.25 Å². The average molecular weight is 253 g/mol. The molecule has 4 heteroatoms. The monoisotopic (exact) mass is 253 g/mol. The van der Waals surface area contributed by atoms with Crippen LogP contribution in [0.3, 0.4) is 0 Å². The summed E-state index contributed by atoms with van der Waals surface area (Å²) in [7, 11) is -3.15. The minimum Gasteiger partial charge on any atom is -0.382 e. The predicted molar refractivity (Wildman–Crippen MR) is 70.3 cm³/mol. The van der Waals surface area contributed by atoms with Gasteiger partial charge in [-0.1, -0.05) is 32.9 Å². The zero-order chi connectivity index (χ0) is 12.6. The van der Waals surface area contributed by atoms with Gasteiger partial charge in [0.2, 0.25) is 0 Å². The van der Waals surface area contributed by atoms with E-state index >= 15 is 0 Å². The average Bonchev–Trinajstić information content (AvgIpc) is 2.28. The van der Waals surface area contributed by atoms with Crippen molar-refractivity contribution in [2.75, 3.05) is 11.9 Å². The Bertz CT molecular complexity index is 520. The highest BCUT2D eigenvalue weighted by atomic mass is 32.2. The molecule has 0 radical (unpaired) electrons. The van der Waals surface area contributed by atoms with E-state index < -0.39 is 9.84 Å². The van der Waals surface area contributed by atoms with Crippen LogP contribution in [0.4, 0.5) is 5.69 Å². The third kappa shape index (κ3) is 1.95. The summed E-state index contributed by atoms with van der Waals surface area (Å²) in [6.07, 6.45) is 0.653. The Labute approximate surface area is 103 Å². The number of hydrogen-bond donors (Lipinski definition) is 1. The van der Waals surface area contributed by atoms with Crippen molar-refractivity contribution in [3.8, 4) is 0 Å². The molecule has 3 nitrogen and oxygen atoms in total. The first-order chi connectivity index (χ1) is 7.98. The minimum atomic E-state index is -3.15. The highest BCUT2D eigenvalue weighted by Crippen LogP contribution is 2.36. The van der Waals surface area contributed by atoms with E-state index in [0.717, 1.165) is 11.3 Å². The Morgan fingerprint density at radius 3 is 2.71 bits per heavy atom. The quantitative estimate of drug-likeness (QED) is 0.881. The van der Waals surface area contributed by atoms with Gasteiger partial charge in [-0.25, -0.2) is 8.42 Å². The van der Waals surface area contributed by atoms with E-state index in [9.17, 15) is 8.42 Å². The number of para-hydroxylation sites is 1. The molecule has 1 atom stereocenters. The van der Waals surface area contributed by atoms with Gasteiger partial charge in [0.25, 0.3) is 0 Å². The lowest BCUT2D eigenvalue weighted by atomic mass is 10.0. The van der Waals surface area contributed by atoms with Crippen LogP contribution in [-0.4, -0.2) is 20.2 Å². The fraction of sp³-hybridized carbons (Fsp3) is 0.538. The molecule has 1 aromatic carbocycles. The Morgan fingerprint density at radius 2 is 2.12 bits per heavy atom. The molecule has 0 amide bonds. The molecule has 0 saturated heterocycles. The van der Waals surface area contributed by atoms with Gasteiger partial charge in [0.15, 0.2) is 9.84 Å². The van der Waals surface area contributed by atoms with Gasteiger partial charge in [-0.15, -0.1) is 0 Å². The van der Waals surface area contributed by atoms with Crippen molar-refractivity contribution in [2.24, 2.45) is 0 Å². The maximum atomic E-state index is 12.4. The first-order valence-corrected chi connectivity index (χ1v) is 7.63. The summed E-state index contributed by atoms with van der Waals surface area (Å²) in [6.45, 7) is 6.60. The molecule has 0 aliphatic carbocycles. The van der Waals surface area contributed by atoms with E-state index in [0.29, 0.717) is 23.8 Å². The summed E-state index contributed by atoms with van der Waals surface area (Å²) >= 11 is 0. The molecule has 0 spiro atoms. The summed E-state index contributed by atoms with van der Waals surface area (Å²) in [5, 5.41) is 3.00. The smallest absolute Gasteiger partial charge is 0.184 e. The van der Waals surface area contributed by atoms with Gasteiger partial charge in [-0.2, -0.15) is 0 Å². The van der Waals surface area contributed by atoms with Gasteiger partial charge in [0.05, 0.1) is 15.8 Å². The second-order valence-electron chi connectivity index (χ2n) is 4.83. The summed E-state index contributed by atoms with van der Waals surface area (Å²) in [4.78, 5) is 0.474. The number of fused-ring (bicyclic) bond motifs is 1. The molecule has 1 aromatic rings. The van der Waals surface area contributed by atoms with Crippen LogP contribution in [0.25, 0.3) is 0 Å². The Morgan fingerprint density at radius 1 is 1.41 bits per heavy atom. The van der Waals surface area contributed by atoms with E-state index in [4.69, 9.17) is 0 Å². The Kier molecular flexibility index (Phi) is 3.17. The lowest BCUT2D eigenvalue weighted by Gasteiger charge is -2.28. The largest absolute Gasteiger partial charge is 0.382 e. The molecular weight excluding hydrogens is 234 g/mol. The van der Waals surface area contributed by atoms with Crippen LogP contribution in [-0.2, 0) is 9.84 Å². The van der Waals surface area contributed by atoms with Gasteiger partial charge >= 0.3 is 0 Å². The number of sulfone groups is 1. The molecule has 1 aliphatic rings. The number of anilines is 1. The first kappa shape index (κ1) is 12.4. The fourth-order valence-corrected chi connectivity index (χ4v) is 4.17. The third-order valence-electron chi connectivity index (χ3n) is 3.39. The fourth-order valence-electron chi connectivity index (χ4n) is 2.32. The molecule has 1 heterocycles. The molecule has 0 bridgehead atoms. The number of hydrogen-bond acceptors (Lipinski definition) is 3. The van der Waals surface area contributed by atoms with Crippen LogP contribution < -0.4 is 5.32 Å². The van der Waals surface area contributed by atoms with Crippen LogP contribution in [0.1, 0.15) is 38.7 Å². The lowest BCUT2D eigenvalue weighted by molar-refractivity contribution is 0.574. The van der Waals surface area contributed by atoms with Crippen molar-refractivity contribution in [1.29, 1.82) is 0 Å². The SMILES string of the molecule is CCC1CNc2c(C(C)C)cccc2S1(=O)=O. The second kappa shape index (κ2) is 4.33. The molecule has 1 aliphatic heterocycles. The maximum absolute atomic E-state index is 12.4. The molecule has 0 aromatic heterocycles. The van der Waals surface area contributed by atoms with Gasteiger partial charge in [-0.3, -0.25) is 0 Å². The van der Waals surface area contributed by atoms with Crippen molar-refractivity contribution in [2.45, 2.75) is 43.3 Å². The van der Waals surface area contributed by atoms with E-state index in [2.05, 4.69) is 19.2 Å². The molecule has 17 heavy (non-hydrogen) atoms. The van der Waals surface area contributed by atoms with Crippen LogP contribution in [0.5, 0.6) is 0 Å². The maximum Gasteiger partial charge on any atom is 0.184 e. The van der Waals surface area contributed by atoms with Gasteiger partial charge < -0.3 is 5.32 Å².